The molecule has 1 aromatic rings. The number of hydrogen-bond acceptors (Lipinski definition) is 3. The number of aliphatic hydroxyl groups is 1. The van der Waals surface area contributed by atoms with Crippen molar-refractivity contribution in [2.75, 3.05) is 30.3 Å². The first-order valence-corrected chi connectivity index (χ1v) is 8.37. The van der Waals surface area contributed by atoms with Crippen molar-refractivity contribution in [2.24, 2.45) is 0 Å². The number of nitrogens with zero attached hydrogens (tertiary/aromatic N) is 1. The van der Waals surface area contributed by atoms with Gasteiger partial charge in [-0.3, -0.25) is 0 Å². The molecular formula is C16H25NOS. The van der Waals surface area contributed by atoms with Crippen molar-refractivity contribution < 1.29 is 5.11 Å². The van der Waals surface area contributed by atoms with Gasteiger partial charge >= 0.3 is 0 Å². The summed E-state index contributed by atoms with van der Waals surface area (Å²) >= 11 is 1.91. The van der Waals surface area contributed by atoms with Crippen LogP contribution in [-0.4, -0.2) is 30.6 Å². The van der Waals surface area contributed by atoms with Gasteiger partial charge in [0.1, 0.15) is 0 Å². The molecule has 1 saturated heterocycles. The van der Waals surface area contributed by atoms with Crippen LogP contribution in [0.5, 0.6) is 0 Å². The fourth-order valence-electron chi connectivity index (χ4n) is 2.61. The third-order valence-corrected chi connectivity index (χ3v) is 4.75. The Morgan fingerprint density at radius 2 is 2.00 bits per heavy atom. The molecule has 1 fully saturated rings. The highest BCUT2D eigenvalue weighted by Gasteiger charge is 2.16. The lowest BCUT2D eigenvalue weighted by atomic mass is 10.0. The van der Waals surface area contributed by atoms with E-state index in [0.29, 0.717) is 0 Å². The van der Waals surface area contributed by atoms with Crippen LogP contribution in [0, 0.1) is 0 Å². The molecule has 106 valence electrons. The second-order valence-electron chi connectivity index (χ2n) is 5.29. The van der Waals surface area contributed by atoms with Gasteiger partial charge in [-0.15, -0.1) is 11.8 Å². The van der Waals surface area contributed by atoms with Crippen molar-refractivity contribution in [2.45, 2.75) is 43.9 Å². The fourth-order valence-corrected chi connectivity index (χ4v) is 3.49. The molecule has 1 aliphatic heterocycles. The molecule has 1 heterocycles. The third-order valence-electron chi connectivity index (χ3n) is 3.82. The maximum Gasteiger partial charge on any atom is 0.0504 e. The van der Waals surface area contributed by atoms with Gasteiger partial charge in [-0.25, -0.2) is 0 Å². The van der Waals surface area contributed by atoms with Crippen LogP contribution in [0.25, 0.3) is 0 Å². The Hall–Kier alpha value is -0.670. The highest BCUT2D eigenvalue weighted by molar-refractivity contribution is 7.99. The van der Waals surface area contributed by atoms with Gasteiger partial charge in [-0.2, -0.15) is 0 Å². The molecule has 0 spiro atoms. The number of rotatable bonds is 5. The highest BCUT2D eigenvalue weighted by Crippen LogP contribution is 2.34. The van der Waals surface area contributed by atoms with E-state index < -0.39 is 0 Å². The lowest BCUT2D eigenvalue weighted by Gasteiger charge is -2.31. The second-order valence-corrected chi connectivity index (χ2v) is 6.60. The van der Waals surface area contributed by atoms with Crippen LogP contribution in [0.4, 0.5) is 5.69 Å². The van der Waals surface area contributed by atoms with Crippen LogP contribution in [-0.2, 0) is 0 Å². The molecule has 2 rings (SSSR count). The number of aliphatic hydroxyl groups excluding tert-OH is 1. The largest absolute Gasteiger partial charge is 0.396 e. The van der Waals surface area contributed by atoms with Gasteiger partial charge in [-0.1, -0.05) is 19.9 Å². The SMILES string of the molecule is CCSc1cc(C(C)CO)ccc1N1CCCCC1. The number of anilines is 1. The summed E-state index contributed by atoms with van der Waals surface area (Å²) in [5.74, 6) is 1.32. The zero-order valence-corrected chi connectivity index (χ0v) is 12.9. The number of hydrogen-bond donors (Lipinski definition) is 1. The Kier molecular flexibility index (Phi) is 5.59. The summed E-state index contributed by atoms with van der Waals surface area (Å²) in [4.78, 5) is 3.90. The molecule has 1 unspecified atom stereocenters. The zero-order chi connectivity index (χ0) is 13.7. The van der Waals surface area contributed by atoms with Crippen LogP contribution < -0.4 is 4.90 Å². The minimum atomic E-state index is 0.222. The first-order chi connectivity index (χ1) is 9.26. The summed E-state index contributed by atoms with van der Waals surface area (Å²) in [5.41, 5.74) is 2.64. The molecule has 0 saturated carbocycles. The van der Waals surface area contributed by atoms with Gasteiger partial charge < -0.3 is 10.0 Å². The van der Waals surface area contributed by atoms with Crippen molar-refractivity contribution in [3.8, 4) is 0 Å². The Labute approximate surface area is 121 Å². The minimum Gasteiger partial charge on any atom is -0.396 e. The van der Waals surface area contributed by atoms with E-state index in [-0.39, 0.29) is 12.5 Å². The van der Waals surface area contributed by atoms with Gasteiger partial charge in [0, 0.05) is 30.5 Å². The van der Waals surface area contributed by atoms with Crippen molar-refractivity contribution in [3.05, 3.63) is 23.8 Å². The molecule has 0 amide bonds. The molecule has 0 bridgehead atoms. The molecule has 1 aliphatic rings. The highest BCUT2D eigenvalue weighted by atomic mass is 32.2. The maximum absolute atomic E-state index is 9.31. The van der Waals surface area contributed by atoms with E-state index in [1.54, 1.807) is 0 Å². The summed E-state index contributed by atoms with van der Waals surface area (Å²) in [6.07, 6.45) is 3.99. The molecule has 2 nitrogen and oxygen atoms in total. The zero-order valence-electron chi connectivity index (χ0n) is 12.1. The van der Waals surface area contributed by atoms with E-state index in [1.807, 2.05) is 11.8 Å². The normalized spacial score (nSPS) is 17.5. The minimum absolute atomic E-state index is 0.222. The molecule has 0 aliphatic carbocycles. The van der Waals surface area contributed by atoms with Crippen molar-refractivity contribution in [1.29, 1.82) is 0 Å². The van der Waals surface area contributed by atoms with Crippen LogP contribution >= 0.6 is 11.8 Å². The average Bonchev–Trinajstić information content (AvgIpc) is 2.47. The first-order valence-electron chi connectivity index (χ1n) is 7.38. The summed E-state index contributed by atoms with van der Waals surface area (Å²) in [5, 5.41) is 9.31. The predicted molar refractivity (Wildman–Crippen MR) is 84.4 cm³/mol. The molecule has 3 heteroatoms. The standard InChI is InChI=1S/C16H25NOS/c1-3-19-16-11-14(13(2)12-18)7-8-15(16)17-9-5-4-6-10-17/h7-8,11,13,18H,3-6,9-10,12H2,1-2H3. The molecule has 19 heavy (non-hydrogen) atoms. The second kappa shape index (κ2) is 7.20. The predicted octanol–water partition coefficient (Wildman–Crippen LogP) is 3.88. The van der Waals surface area contributed by atoms with Crippen LogP contribution in [0.15, 0.2) is 23.1 Å². The molecule has 0 radical (unpaired) electrons. The summed E-state index contributed by atoms with van der Waals surface area (Å²) < 4.78 is 0. The monoisotopic (exact) mass is 279 g/mol. The van der Waals surface area contributed by atoms with Gasteiger partial charge in [0.25, 0.3) is 0 Å². The van der Waals surface area contributed by atoms with E-state index in [2.05, 4.69) is 36.9 Å². The molecule has 0 aromatic heterocycles. The van der Waals surface area contributed by atoms with E-state index >= 15 is 0 Å². The lowest BCUT2D eigenvalue weighted by Crippen LogP contribution is -2.29. The smallest absolute Gasteiger partial charge is 0.0504 e. The van der Waals surface area contributed by atoms with Gasteiger partial charge in [0.05, 0.1) is 5.69 Å². The Balaban J connectivity index is 2.26. The summed E-state index contributed by atoms with van der Waals surface area (Å²) in [6.45, 7) is 6.88. The van der Waals surface area contributed by atoms with E-state index in [9.17, 15) is 5.11 Å². The Morgan fingerprint density at radius 1 is 1.26 bits per heavy atom. The van der Waals surface area contributed by atoms with Crippen LogP contribution in [0.3, 0.4) is 0 Å². The number of piperidine rings is 1. The van der Waals surface area contributed by atoms with Crippen molar-refractivity contribution >= 4 is 17.4 Å². The van der Waals surface area contributed by atoms with Crippen LogP contribution in [0.2, 0.25) is 0 Å². The van der Waals surface area contributed by atoms with E-state index in [1.165, 1.54) is 48.5 Å². The van der Waals surface area contributed by atoms with Crippen LogP contribution in [0.1, 0.15) is 44.6 Å². The topological polar surface area (TPSA) is 23.5 Å². The summed E-state index contributed by atoms with van der Waals surface area (Å²) in [7, 11) is 0. The fraction of sp³-hybridized carbons (Fsp3) is 0.625. The van der Waals surface area contributed by atoms with Gasteiger partial charge in [0.2, 0.25) is 0 Å². The Morgan fingerprint density at radius 3 is 2.63 bits per heavy atom. The van der Waals surface area contributed by atoms with E-state index in [0.717, 1.165) is 5.75 Å². The summed E-state index contributed by atoms with van der Waals surface area (Å²) in [6, 6.07) is 6.72. The Bertz CT molecular complexity index is 402. The van der Waals surface area contributed by atoms with Crippen molar-refractivity contribution in [3.63, 3.8) is 0 Å². The lowest BCUT2D eigenvalue weighted by molar-refractivity contribution is 0.273. The molecule has 1 atom stereocenters. The molecular weight excluding hydrogens is 254 g/mol. The van der Waals surface area contributed by atoms with E-state index in [4.69, 9.17) is 0 Å². The molecule has 1 aromatic carbocycles. The maximum atomic E-state index is 9.31. The van der Waals surface area contributed by atoms with Gasteiger partial charge in [0.15, 0.2) is 0 Å². The first kappa shape index (κ1) is 14.7. The third kappa shape index (κ3) is 3.67. The van der Waals surface area contributed by atoms with Gasteiger partial charge in [-0.05, 0) is 42.7 Å². The number of benzene rings is 1. The quantitative estimate of drug-likeness (QED) is 0.827. The van der Waals surface area contributed by atoms with Crippen molar-refractivity contribution in [1.82, 2.24) is 0 Å². The number of thioether (sulfide) groups is 1. The molecule has 1 N–H and O–H groups in total. The average molecular weight is 279 g/mol.